The van der Waals surface area contributed by atoms with Crippen LogP contribution >= 0.6 is 0 Å². The summed E-state index contributed by atoms with van der Waals surface area (Å²) in [4.78, 5) is 19.7. The predicted octanol–water partition coefficient (Wildman–Crippen LogP) is 2.02. The number of carbonyl (C=O) groups excluding carboxylic acids is 1. The van der Waals surface area contributed by atoms with Crippen LogP contribution in [0.1, 0.15) is 41.9 Å². The number of H-pyrrole nitrogens is 1. The molecule has 0 fully saturated rings. The second-order valence-corrected chi connectivity index (χ2v) is 5.81. The number of hydrogen-bond acceptors (Lipinski definition) is 4. The Bertz CT molecular complexity index is 832. The second kappa shape index (κ2) is 6.20. The lowest BCUT2D eigenvalue weighted by molar-refractivity contribution is 0.0954. The van der Waals surface area contributed by atoms with E-state index in [0.717, 1.165) is 22.7 Å². The van der Waals surface area contributed by atoms with E-state index in [0.29, 0.717) is 24.6 Å². The molecule has 7 heteroatoms. The fourth-order valence-corrected chi connectivity index (χ4v) is 2.55. The first kappa shape index (κ1) is 15.2. The molecule has 3 rings (SSSR count). The molecule has 120 valence electrons. The van der Waals surface area contributed by atoms with Crippen molar-refractivity contribution in [2.24, 2.45) is 0 Å². The number of carbonyl (C=O) groups is 1. The fourth-order valence-electron chi connectivity index (χ4n) is 2.55. The Labute approximate surface area is 134 Å². The number of nitrogens with zero attached hydrogens (tertiary/aromatic N) is 4. The lowest BCUT2D eigenvalue weighted by atomic mass is 10.2. The third-order valence-corrected chi connectivity index (χ3v) is 3.70. The summed E-state index contributed by atoms with van der Waals surface area (Å²) in [5, 5.41) is 10.9. The van der Waals surface area contributed by atoms with Gasteiger partial charge in [-0.15, -0.1) is 10.2 Å². The van der Waals surface area contributed by atoms with Crippen molar-refractivity contribution >= 4 is 16.9 Å². The molecule has 0 aliphatic rings. The van der Waals surface area contributed by atoms with Crippen molar-refractivity contribution in [3.63, 3.8) is 0 Å². The molecule has 3 aromatic rings. The van der Waals surface area contributed by atoms with E-state index < -0.39 is 0 Å². The molecular formula is C16H20N6O. The fraction of sp³-hybridized carbons (Fsp3) is 0.375. The third-order valence-electron chi connectivity index (χ3n) is 3.70. The zero-order valence-electron chi connectivity index (χ0n) is 13.5. The van der Waals surface area contributed by atoms with Gasteiger partial charge >= 0.3 is 0 Å². The largest absolute Gasteiger partial charge is 0.352 e. The number of aryl methyl sites for hydroxylation is 1. The molecule has 0 saturated carbocycles. The van der Waals surface area contributed by atoms with Crippen molar-refractivity contribution in [3.8, 4) is 0 Å². The van der Waals surface area contributed by atoms with Crippen LogP contribution in [0.15, 0.2) is 24.5 Å². The SMILES string of the molecule is Cc1nc2ccc(C(=O)NCCc3nncn3C(C)C)cc2[nH]1. The van der Waals surface area contributed by atoms with Crippen LogP contribution in [0.3, 0.4) is 0 Å². The van der Waals surface area contributed by atoms with Crippen LogP contribution in [0.25, 0.3) is 11.0 Å². The molecule has 0 atom stereocenters. The Hall–Kier alpha value is -2.70. The summed E-state index contributed by atoms with van der Waals surface area (Å²) in [7, 11) is 0. The summed E-state index contributed by atoms with van der Waals surface area (Å²) in [5.41, 5.74) is 2.35. The van der Waals surface area contributed by atoms with Crippen LogP contribution in [-0.2, 0) is 6.42 Å². The van der Waals surface area contributed by atoms with Crippen molar-refractivity contribution in [1.29, 1.82) is 0 Å². The van der Waals surface area contributed by atoms with Crippen molar-refractivity contribution in [3.05, 3.63) is 41.7 Å². The molecule has 0 bridgehead atoms. The Morgan fingerprint density at radius 1 is 1.39 bits per heavy atom. The Morgan fingerprint density at radius 2 is 2.22 bits per heavy atom. The minimum absolute atomic E-state index is 0.102. The van der Waals surface area contributed by atoms with Gasteiger partial charge in [0.2, 0.25) is 0 Å². The molecule has 2 heterocycles. The monoisotopic (exact) mass is 312 g/mol. The summed E-state index contributed by atoms with van der Waals surface area (Å²) in [6, 6.07) is 5.76. The maximum atomic E-state index is 12.3. The molecule has 0 saturated heterocycles. The molecule has 0 radical (unpaired) electrons. The van der Waals surface area contributed by atoms with Crippen LogP contribution in [0.5, 0.6) is 0 Å². The van der Waals surface area contributed by atoms with E-state index in [1.54, 1.807) is 12.4 Å². The van der Waals surface area contributed by atoms with Gasteiger partial charge in [0, 0.05) is 24.6 Å². The molecule has 7 nitrogen and oxygen atoms in total. The summed E-state index contributed by atoms with van der Waals surface area (Å²) < 4.78 is 2.01. The van der Waals surface area contributed by atoms with Gasteiger partial charge in [0.1, 0.15) is 18.0 Å². The highest BCUT2D eigenvalue weighted by molar-refractivity contribution is 5.97. The van der Waals surface area contributed by atoms with Crippen molar-refractivity contribution in [2.75, 3.05) is 6.54 Å². The summed E-state index contributed by atoms with van der Waals surface area (Å²) in [6.45, 7) is 6.56. The van der Waals surface area contributed by atoms with Crippen LogP contribution in [0, 0.1) is 6.92 Å². The average molecular weight is 312 g/mol. The molecule has 0 aliphatic carbocycles. The Balaban J connectivity index is 1.63. The van der Waals surface area contributed by atoms with Gasteiger partial charge in [-0.2, -0.15) is 0 Å². The molecule has 23 heavy (non-hydrogen) atoms. The number of rotatable bonds is 5. The van der Waals surface area contributed by atoms with E-state index in [4.69, 9.17) is 0 Å². The number of nitrogens with one attached hydrogen (secondary N) is 2. The van der Waals surface area contributed by atoms with Crippen molar-refractivity contribution in [2.45, 2.75) is 33.2 Å². The molecule has 1 aromatic carbocycles. The van der Waals surface area contributed by atoms with Gasteiger partial charge in [0.05, 0.1) is 11.0 Å². The molecule has 0 spiro atoms. The van der Waals surface area contributed by atoms with Gasteiger partial charge in [-0.05, 0) is 39.0 Å². The van der Waals surface area contributed by atoms with Gasteiger partial charge in [-0.1, -0.05) is 0 Å². The maximum absolute atomic E-state index is 12.3. The Morgan fingerprint density at radius 3 is 3.00 bits per heavy atom. The maximum Gasteiger partial charge on any atom is 0.251 e. The van der Waals surface area contributed by atoms with E-state index in [1.807, 2.05) is 23.6 Å². The van der Waals surface area contributed by atoms with Crippen LogP contribution in [-0.4, -0.2) is 37.2 Å². The molecule has 0 unspecified atom stereocenters. The lowest BCUT2D eigenvalue weighted by Crippen LogP contribution is -2.26. The molecule has 2 N–H and O–H groups in total. The van der Waals surface area contributed by atoms with Gasteiger partial charge < -0.3 is 14.9 Å². The predicted molar refractivity (Wildman–Crippen MR) is 87.3 cm³/mol. The number of aromatic nitrogens is 5. The van der Waals surface area contributed by atoms with Crippen molar-refractivity contribution < 1.29 is 4.79 Å². The number of imidazole rings is 1. The zero-order chi connectivity index (χ0) is 16.4. The van der Waals surface area contributed by atoms with E-state index in [9.17, 15) is 4.79 Å². The van der Waals surface area contributed by atoms with Crippen LogP contribution in [0.2, 0.25) is 0 Å². The summed E-state index contributed by atoms with van der Waals surface area (Å²) in [5.74, 6) is 1.61. The quantitative estimate of drug-likeness (QED) is 0.754. The molecule has 1 amide bonds. The first-order chi connectivity index (χ1) is 11.0. The van der Waals surface area contributed by atoms with Gasteiger partial charge in [-0.25, -0.2) is 4.98 Å². The molecule has 0 aliphatic heterocycles. The summed E-state index contributed by atoms with van der Waals surface area (Å²) >= 11 is 0. The van der Waals surface area contributed by atoms with Gasteiger partial charge in [0.25, 0.3) is 5.91 Å². The summed E-state index contributed by atoms with van der Waals surface area (Å²) in [6.07, 6.45) is 2.37. The Kier molecular flexibility index (Phi) is 4.10. The first-order valence-electron chi connectivity index (χ1n) is 7.67. The minimum atomic E-state index is -0.102. The number of hydrogen-bond donors (Lipinski definition) is 2. The highest BCUT2D eigenvalue weighted by Gasteiger charge is 2.10. The van der Waals surface area contributed by atoms with E-state index >= 15 is 0 Å². The number of amides is 1. The standard InChI is InChI=1S/C16H20N6O/c1-10(2)22-9-18-21-15(22)6-7-17-16(23)12-4-5-13-14(8-12)20-11(3)19-13/h4-5,8-10H,6-7H2,1-3H3,(H,17,23)(H,19,20). The molecular weight excluding hydrogens is 292 g/mol. The number of fused-ring (bicyclic) bond motifs is 1. The number of benzene rings is 1. The first-order valence-corrected chi connectivity index (χ1v) is 7.67. The second-order valence-electron chi connectivity index (χ2n) is 5.81. The van der Waals surface area contributed by atoms with E-state index in [2.05, 4.69) is 39.3 Å². The van der Waals surface area contributed by atoms with E-state index in [1.165, 1.54) is 0 Å². The number of aromatic amines is 1. The highest BCUT2D eigenvalue weighted by Crippen LogP contribution is 2.13. The highest BCUT2D eigenvalue weighted by atomic mass is 16.1. The zero-order valence-corrected chi connectivity index (χ0v) is 13.5. The van der Waals surface area contributed by atoms with Crippen molar-refractivity contribution in [1.82, 2.24) is 30.0 Å². The lowest BCUT2D eigenvalue weighted by Gasteiger charge is -2.10. The minimum Gasteiger partial charge on any atom is -0.352 e. The molecule has 2 aromatic heterocycles. The smallest absolute Gasteiger partial charge is 0.251 e. The van der Waals surface area contributed by atoms with Crippen LogP contribution < -0.4 is 5.32 Å². The van der Waals surface area contributed by atoms with Crippen LogP contribution in [0.4, 0.5) is 0 Å². The van der Waals surface area contributed by atoms with E-state index in [-0.39, 0.29) is 5.91 Å². The topological polar surface area (TPSA) is 88.5 Å². The van der Waals surface area contributed by atoms with Gasteiger partial charge in [-0.3, -0.25) is 4.79 Å². The normalized spacial score (nSPS) is 11.3. The van der Waals surface area contributed by atoms with Gasteiger partial charge in [0.15, 0.2) is 0 Å². The average Bonchev–Trinajstić information content (AvgIpc) is 3.11. The third kappa shape index (κ3) is 3.23.